The zero-order chi connectivity index (χ0) is 10.9. The first-order chi connectivity index (χ1) is 7.15. The van der Waals surface area contributed by atoms with Crippen molar-refractivity contribution in [1.29, 1.82) is 0 Å². The van der Waals surface area contributed by atoms with Crippen LogP contribution in [0, 0.1) is 5.92 Å². The van der Waals surface area contributed by atoms with E-state index in [1.54, 1.807) is 0 Å². The highest BCUT2D eigenvalue weighted by Gasteiger charge is 2.48. The Labute approximate surface area is 90.7 Å². The Hall–Kier alpha value is -0.610. The van der Waals surface area contributed by atoms with E-state index in [4.69, 9.17) is 10.6 Å². The molecule has 15 heavy (non-hydrogen) atoms. The molecule has 1 heterocycles. The predicted octanol–water partition coefficient (Wildman–Crippen LogP) is 1.06. The van der Waals surface area contributed by atoms with Gasteiger partial charge < -0.3 is 5.73 Å². The van der Waals surface area contributed by atoms with Gasteiger partial charge in [0, 0.05) is 6.54 Å². The monoisotopic (exact) mass is 212 g/mol. The van der Waals surface area contributed by atoms with Crippen LogP contribution in [-0.2, 0) is 9.63 Å². The summed E-state index contributed by atoms with van der Waals surface area (Å²) in [5, 5.41) is 1.52. The summed E-state index contributed by atoms with van der Waals surface area (Å²) in [6.07, 6.45) is 5.04. The minimum Gasteiger partial charge on any atom is -0.330 e. The fourth-order valence-electron chi connectivity index (χ4n) is 2.37. The lowest BCUT2D eigenvalue weighted by Gasteiger charge is -2.38. The average molecular weight is 212 g/mol. The van der Waals surface area contributed by atoms with Crippen LogP contribution in [0.15, 0.2) is 0 Å². The van der Waals surface area contributed by atoms with Crippen LogP contribution in [0.1, 0.15) is 39.0 Å². The second-order valence-electron chi connectivity index (χ2n) is 4.85. The molecular weight excluding hydrogens is 192 g/mol. The molecule has 1 amide bonds. The maximum atomic E-state index is 11.7. The fourth-order valence-corrected chi connectivity index (χ4v) is 2.37. The summed E-state index contributed by atoms with van der Waals surface area (Å²) < 4.78 is 0. The first-order valence-corrected chi connectivity index (χ1v) is 5.85. The van der Waals surface area contributed by atoms with Gasteiger partial charge in [-0.15, -0.1) is 0 Å². The molecule has 1 unspecified atom stereocenters. The zero-order valence-corrected chi connectivity index (χ0v) is 9.37. The number of rotatable bonds is 4. The Kier molecular flexibility index (Phi) is 2.98. The summed E-state index contributed by atoms with van der Waals surface area (Å²) in [5.41, 5.74) is 5.19. The van der Waals surface area contributed by atoms with Gasteiger partial charge in [0.15, 0.2) is 0 Å². The number of hydroxylamine groups is 2. The molecule has 1 saturated heterocycles. The third-order valence-corrected chi connectivity index (χ3v) is 3.63. The molecular formula is C11H20N2O2. The molecule has 0 aromatic rings. The molecule has 2 N–H and O–H groups in total. The van der Waals surface area contributed by atoms with Gasteiger partial charge in [-0.25, -0.2) is 5.06 Å². The van der Waals surface area contributed by atoms with Crippen LogP contribution in [0.3, 0.4) is 0 Å². The standard InChI is InChI=1S/C11H20N2O2/c1-11(9-4-2-5-9)8-10(14)13(15-11)7-3-6-12/h9H,2-8,12H2,1H3. The number of carbonyl (C=O) groups excluding carboxylic acids is 1. The van der Waals surface area contributed by atoms with Crippen LogP contribution < -0.4 is 5.73 Å². The molecule has 0 aromatic heterocycles. The SMILES string of the molecule is CC1(C2CCC2)CC(=O)N(CCCN)O1. The Bertz CT molecular complexity index is 253. The molecule has 1 aliphatic carbocycles. The number of hydrogen-bond acceptors (Lipinski definition) is 3. The third kappa shape index (κ3) is 2.01. The third-order valence-electron chi connectivity index (χ3n) is 3.63. The highest BCUT2D eigenvalue weighted by molar-refractivity contribution is 5.78. The quantitative estimate of drug-likeness (QED) is 0.758. The van der Waals surface area contributed by atoms with E-state index in [1.807, 2.05) is 0 Å². The molecule has 86 valence electrons. The second-order valence-corrected chi connectivity index (χ2v) is 4.85. The van der Waals surface area contributed by atoms with E-state index in [-0.39, 0.29) is 11.5 Å². The van der Waals surface area contributed by atoms with E-state index in [2.05, 4.69) is 6.92 Å². The van der Waals surface area contributed by atoms with Gasteiger partial charge >= 0.3 is 0 Å². The first kappa shape index (κ1) is 10.9. The normalized spacial score (nSPS) is 32.1. The van der Waals surface area contributed by atoms with Crippen LogP contribution in [0.2, 0.25) is 0 Å². The smallest absolute Gasteiger partial charge is 0.249 e. The number of hydrogen-bond donors (Lipinski definition) is 1. The summed E-state index contributed by atoms with van der Waals surface area (Å²) in [4.78, 5) is 17.5. The largest absolute Gasteiger partial charge is 0.330 e. The lowest BCUT2D eigenvalue weighted by atomic mass is 9.72. The molecule has 1 aliphatic heterocycles. The average Bonchev–Trinajstić information content (AvgIpc) is 2.35. The highest BCUT2D eigenvalue weighted by Crippen LogP contribution is 2.43. The van der Waals surface area contributed by atoms with E-state index in [0.29, 0.717) is 25.4 Å². The Morgan fingerprint density at radius 1 is 1.60 bits per heavy atom. The van der Waals surface area contributed by atoms with Crippen LogP contribution in [-0.4, -0.2) is 29.7 Å². The number of amides is 1. The molecule has 4 heteroatoms. The van der Waals surface area contributed by atoms with Gasteiger partial charge in [0.1, 0.15) is 5.60 Å². The van der Waals surface area contributed by atoms with Crippen molar-refractivity contribution in [3.8, 4) is 0 Å². The van der Waals surface area contributed by atoms with E-state index < -0.39 is 0 Å². The Balaban J connectivity index is 1.92. The van der Waals surface area contributed by atoms with Crippen LogP contribution in [0.5, 0.6) is 0 Å². The minimum atomic E-state index is -0.232. The number of carbonyl (C=O) groups is 1. The lowest BCUT2D eigenvalue weighted by molar-refractivity contribution is -0.215. The molecule has 2 aliphatic rings. The van der Waals surface area contributed by atoms with Gasteiger partial charge in [-0.3, -0.25) is 9.63 Å². The molecule has 0 bridgehead atoms. The van der Waals surface area contributed by atoms with Crippen molar-refractivity contribution in [3.05, 3.63) is 0 Å². The molecule has 0 radical (unpaired) electrons. The molecule has 1 atom stereocenters. The zero-order valence-electron chi connectivity index (χ0n) is 9.37. The summed E-state index contributed by atoms with van der Waals surface area (Å²) in [6, 6.07) is 0. The van der Waals surface area contributed by atoms with Gasteiger partial charge in [0.25, 0.3) is 0 Å². The maximum Gasteiger partial charge on any atom is 0.249 e. The van der Waals surface area contributed by atoms with Gasteiger partial charge in [-0.1, -0.05) is 6.42 Å². The summed E-state index contributed by atoms with van der Waals surface area (Å²) in [7, 11) is 0. The number of nitrogens with two attached hydrogens (primary N) is 1. The fraction of sp³-hybridized carbons (Fsp3) is 0.909. The molecule has 2 rings (SSSR count). The molecule has 0 aromatic carbocycles. The van der Waals surface area contributed by atoms with Crippen molar-refractivity contribution in [2.45, 2.75) is 44.6 Å². The summed E-state index contributed by atoms with van der Waals surface area (Å²) in [5.74, 6) is 0.696. The van der Waals surface area contributed by atoms with E-state index in [0.717, 1.165) is 6.42 Å². The maximum absolute atomic E-state index is 11.7. The molecule has 0 spiro atoms. The first-order valence-electron chi connectivity index (χ1n) is 5.85. The van der Waals surface area contributed by atoms with Crippen LogP contribution >= 0.6 is 0 Å². The Morgan fingerprint density at radius 3 is 2.87 bits per heavy atom. The van der Waals surface area contributed by atoms with Crippen molar-refractivity contribution >= 4 is 5.91 Å². The van der Waals surface area contributed by atoms with Crippen LogP contribution in [0.25, 0.3) is 0 Å². The predicted molar refractivity (Wildman–Crippen MR) is 56.8 cm³/mol. The summed E-state index contributed by atoms with van der Waals surface area (Å²) in [6.45, 7) is 3.31. The van der Waals surface area contributed by atoms with E-state index in [1.165, 1.54) is 24.3 Å². The van der Waals surface area contributed by atoms with Crippen LogP contribution in [0.4, 0.5) is 0 Å². The van der Waals surface area contributed by atoms with Crippen molar-refractivity contribution in [1.82, 2.24) is 5.06 Å². The summed E-state index contributed by atoms with van der Waals surface area (Å²) >= 11 is 0. The van der Waals surface area contributed by atoms with Crippen molar-refractivity contribution < 1.29 is 9.63 Å². The van der Waals surface area contributed by atoms with Gasteiger partial charge in [0.2, 0.25) is 5.91 Å². The van der Waals surface area contributed by atoms with Crippen molar-refractivity contribution in [3.63, 3.8) is 0 Å². The molecule has 4 nitrogen and oxygen atoms in total. The number of nitrogens with zero attached hydrogens (tertiary/aromatic N) is 1. The van der Waals surface area contributed by atoms with Gasteiger partial charge in [-0.05, 0) is 38.6 Å². The van der Waals surface area contributed by atoms with Crippen molar-refractivity contribution in [2.75, 3.05) is 13.1 Å². The second kappa shape index (κ2) is 4.10. The Morgan fingerprint density at radius 2 is 2.33 bits per heavy atom. The highest BCUT2D eigenvalue weighted by atomic mass is 16.7. The van der Waals surface area contributed by atoms with Gasteiger partial charge in [0.05, 0.1) is 6.42 Å². The van der Waals surface area contributed by atoms with Crippen molar-refractivity contribution in [2.24, 2.45) is 11.7 Å². The van der Waals surface area contributed by atoms with E-state index in [9.17, 15) is 4.79 Å². The molecule has 2 fully saturated rings. The van der Waals surface area contributed by atoms with Gasteiger partial charge in [-0.2, -0.15) is 0 Å². The molecule has 1 saturated carbocycles. The lowest BCUT2D eigenvalue weighted by Crippen LogP contribution is -2.39. The minimum absolute atomic E-state index is 0.123. The topological polar surface area (TPSA) is 55.6 Å². The van der Waals surface area contributed by atoms with E-state index >= 15 is 0 Å².